The summed E-state index contributed by atoms with van der Waals surface area (Å²) in [6, 6.07) is 8.73. The van der Waals surface area contributed by atoms with Gasteiger partial charge in [-0.3, -0.25) is 0 Å². The summed E-state index contributed by atoms with van der Waals surface area (Å²) in [6.07, 6.45) is 1.85. The van der Waals surface area contributed by atoms with Gasteiger partial charge in [0.25, 0.3) is 0 Å². The molecule has 21 heavy (non-hydrogen) atoms. The average Bonchev–Trinajstić information content (AvgIpc) is 2.37. The molecular weight excluding hydrogens is 338 g/mol. The summed E-state index contributed by atoms with van der Waals surface area (Å²) in [5, 5.41) is -0.587. The predicted octanol–water partition coefficient (Wildman–Crippen LogP) is 1.91. The Morgan fingerprint density at radius 3 is 2.24 bits per heavy atom. The van der Waals surface area contributed by atoms with Crippen molar-refractivity contribution in [3.8, 4) is 5.75 Å². The minimum absolute atomic E-state index is 0.0381. The second kappa shape index (κ2) is 5.63. The Morgan fingerprint density at radius 2 is 1.71 bits per heavy atom. The number of halogens is 1. The van der Waals surface area contributed by atoms with E-state index in [4.69, 9.17) is 11.6 Å². The quantitative estimate of drug-likeness (QED) is 0.785. The minimum atomic E-state index is -3.88. The predicted molar refractivity (Wildman–Crippen MR) is 76.6 cm³/mol. The van der Waals surface area contributed by atoms with Crippen molar-refractivity contribution >= 4 is 31.6 Å². The molecular formula is C12H10ClNO5S2. The highest BCUT2D eigenvalue weighted by Crippen LogP contribution is 2.28. The van der Waals surface area contributed by atoms with Crippen molar-refractivity contribution in [2.24, 2.45) is 0 Å². The first-order chi connectivity index (χ1) is 9.70. The Hall–Kier alpha value is -1.64. The van der Waals surface area contributed by atoms with E-state index >= 15 is 0 Å². The zero-order chi connectivity index (χ0) is 15.7. The second-order valence-corrected chi connectivity index (χ2v) is 7.91. The van der Waals surface area contributed by atoms with Crippen LogP contribution in [0.2, 0.25) is 5.02 Å². The van der Waals surface area contributed by atoms with Crippen LogP contribution in [0, 0.1) is 0 Å². The lowest BCUT2D eigenvalue weighted by Crippen LogP contribution is -2.08. The van der Waals surface area contributed by atoms with Crippen LogP contribution in [0.4, 0.5) is 0 Å². The molecule has 6 nitrogen and oxygen atoms in total. The Morgan fingerprint density at radius 1 is 1.10 bits per heavy atom. The molecule has 0 aliphatic carbocycles. The number of sulfone groups is 1. The van der Waals surface area contributed by atoms with Crippen LogP contribution in [-0.4, -0.2) is 28.1 Å². The zero-order valence-corrected chi connectivity index (χ0v) is 13.1. The van der Waals surface area contributed by atoms with Crippen LogP contribution in [0.5, 0.6) is 5.75 Å². The van der Waals surface area contributed by atoms with Crippen LogP contribution in [-0.2, 0) is 20.0 Å². The molecule has 112 valence electrons. The van der Waals surface area contributed by atoms with Gasteiger partial charge in [0.1, 0.15) is 0 Å². The number of rotatable bonds is 4. The lowest BCUT2D eigenvalue weighted by atomic mass is 10.4. The molecule has 0 bridgehead atoms. The molecule has 1 heterocycles. The van der Waals surface area contributed by atoms with E-state index in [-0.39, 0.29) is 20.7 Å². The van der Waals surface area contributed by atoms with E-state index < -0.39 is 20.0 Å². The van der Waals surface area contributed by atoms with Crippen LogP contribution in [0.15, 0.2) is 52.5 Å². The van der Waals surface area contributed by atoms with Crippen molar-refractivity contribution in [3.63, 3.8) is 0 Å². The normalized spacial score (nSPS) is 12.1. The van der Waals surface area contributed by atoms with Gasteiger partial charge in [0, 0.05) is 6.07 Å². The molecule has 1 aromatic heterocycles. The fourth-order valence-corrected chi connectivity index (χ4v) is 3.68. The number of hydrogen-bond donors (Lipinski definition) is 0. The molecule has 2 rings (SSSR count). The lowest BCUT2D eigenvalue weighted by Gasteiger charge is -2.07. The van der Waals surface area contributed by atoms with Crippen molar-refractivity contribution in [2.45, 2.75) is 9.92 Å². The summed E-state index contributed by atoms with van der Waals surface area (Å²) in [5.41, 5.74) is 0. The van der Waals surface area contributed by atoms with Gasteiger partial charge < -0.3 is 4.18 Å². The van der Waals surface area contributed by atoms with Crippen LogP contribution in [0.3, 0.4) is 0 Å². The Bertz CT molecular complexity index is 864. The van der Waals surface area contributed by atoms with E-state index in [0.29, 0.717) is 0 Å². The van der Waals surface area contributed by atoms with E-state index in [1.54, 1.807) is 18.2 Å². The highest BCUT2D eigenvalue weighted by molar-refractivity contribution is 7.91. The van der Waals surface area contributed by atoms with Gasteiger partial charge in [-0.1, -0.05) is 29.8 Å². The molecule has 0 aliphatic heterocycles. The van der Waals surface area contributed by atoms with Crippen LogP contribution < -0.4 is 4.18 Å². The molecule has 0 saturated heterocycles. The van der Waals surface area contributed by atoms with Crippen molar-refractivity contribution in [3.05, 3.63) is 47.6 Å². The SMILES string of the molecule is CS(=O)(=O)Oc1cnc(S(=O)(=O)c2ccccc2)c(Cl)c1. The van der Waals surface area contributed by atoms with Crippen molar-refractivity contribution in [2.75, 3.05) is 6.26 Å². The van der Waals surface area contributed by atoms with Gasteiger partial charge in [0.15, 0.2) is 10.8 Å². The molecule has 0 saturated carbocycles. The summed E-state index contributed by atoms with van der Waals surface area (Å²) in [6.45, 7) is 0. The summed E-state index contributed by atoms with van der Waals surface area (Å²) in [7, 11) is -7.62. The second-order valence-electron chi connectivity index (χ2n) is 4.06. The molecule has 0 aliphatic rings. The summed E-state index contributed by atoms with van der Waals surface area (Å²) in [5.74, 6) is -0.158. The largest absolute Gasteiger partial charge is 0.381 e. The molecule has 1 aromatic carbocycles. The van der Waals surface area contributed by atoms with Crippen molar-refractivity contribution in [1.29, 1.82) is 0 Å². The maximum absolute atomic E-state index is 12.3. The summed E-state index contributed by atoms with van der Waals surface area (Å²) >= 11 is 5.88. The molecule has 0 spiro atoms. The van der Waals surface area contributed by atoms with Gasteiger partial charge in [0.05, 0.1) is 22.4 Å². The Kier molecular flexibility index (Phi) is 4.22. The van der Waals surface area contributed by atoms with Gasteiger partial charge in [-0.15, -0.1) is 0 Å². The van der Waals surface area contributed by atoms with Gasteiger partial charge in [-0.25, -0.2) is 13.4 Å². The number of aromatic nitrogens is 1. The first kappa shape index (κ1) is 15.7. The van der Waals surface area contributed by atoms with Crippen molar-refractivity contribution < 1.29 is 21.0 Å². The topological polar surface area (TPSA) is 90.4 Å². The minimum Gasteiger partial charge on any atom is -0.381 e. The van der Waals surface area contributed by atoms with Crippen LogP contribution in [0.1, 0.15) is 0 Å². The van der Waals surface area contributed by atoms with Crippen LogP contribution in [0.25, 0.3) is 0 Å². The van der Waals surface area contributed by atoms with Crippen molar-refractivity contribution in [1.82, 2.24) is 4.98 Å². The zero-order valence-electron chi connectivity index (χ0n) is 10.7. The highest BCUT2D eigenvalue weighted by atomic mass is 35.5. The molecule has 0 N–H and O–H groups in total. The average molecular weight is 348 g/mol. The highest BCUT2D eigenvalue weighted by Gasteiger charge is 2.23. The summed E-state index contributed by atoms with van der Waals surface area (Å²) < 4.78 is 51.3. The van der Waals surface area contributed by atoms with Gasteiger partial charge in [-0.05, 0) is 12.1 Å². The number of nitrogens with zero attached hydrogens (tertiary/aromatic N) is 1. The van der Waals surface area contributed by atoms with E-state index in [9.17, 15) is 16.8 Å². The first-order valence-corrected chi connectivity index (χ1v) is 9.23. The fourth-order valence-electron chi connectivity index (χ4n) is 1.54. The smallest absolute Gasteiger partial charge is 0.306 e. The van der Waals surface area contributed by atoms with E-state index in [1.807, 2.05) is 0 Å². The molecule has 0 radical (unpaired) electrons. The molecule has 2 aromatic rings. The first-order valence-electron chi connectivity index (χ1n) is 5.55. The maximum atomic E-state index is 12.3. The molecule has 0 atom stereocenters. The van der Waals surface area contributed by atoms with E-state index in [1.165, 1.54) is 12.1 Å². The fraction of sp³-hybridized carbons (Fsp3) is 0.0833. The number of benzene rings is 1. The third kappa shape index (κ3) is 3.72. The number of hydrogen-bond acceptors (Lipinski definition) is 6. The Labute approximate surface area is 127 Å². The third-order valence-electron chi connectivity index (χ3n) is 2.34. The summed E-state index contributed by atoms with van der Waals surface area (Å²) in [4.78, 5) is 3.74. The number of pyridine rings is 1. The maximum Gasteiger partial charge on any atom is 0.306 e. The molecule has 0 unspecified atom stereocenters. The lowest BCUT2D eigenvalue weighted by molar-refractivity contribution is 0.491. The van der Waals surface area contributed by atoms with Gasteiger partial charge in [-0.2, -0.15) is 8.42 Å². The molecule has 0 fully saturated rings. The van der Waals surface area contributed by atoms with E-state index in [2.05, 4.69) is 9.17 Å². The molecule has 9 heteroatoms. The Balaban J connectivity index is 2.47. The van der Waals surface area contributed by atoms with Gasteiger partial charge in [0.2, 0.25) is 9.84 Å². The standard InChI is InChI=1S/C12H10ClNO5S2/c1-20(15,16)19-9-7-11(13)12(14-8-9)21(17,18)10-5-3-2-4-6-10/h2-8H,1H3. The third-order valence-corrected chi connectivity index (χ3v) is 4.96. The molecule has 0 amide bonds. The van der Waals surface area contributed by atoms with Gasteiger partial charge >= 0.3 is 10.1 Å². The van der Waals surface area contributed by atoms with E-state index in [0.717, 1.165) is 18.5 Å². The van der Waals surface area contributed by atoms with Crippen LogP contribution >= 0.6 is 11.6 Å². The monoisotopic (exact) mass is 347 g/mol.